The van der Waals surface area contributed by atoms with Gasteiger partial charge in [0.05, 0.1) is 7.92 Å². The van der Waals surface area contributed by atoms with Gasteiger partial charge in [-0.1, -0.05) is 54.6 Å². The first-order chi connectivity index (χ1) is 10.4. The van der Waals surface area contributed by atoms with Crippen molar-refractivity contribution in [1.29, 1.82) is 0 Å². The summed E-state index contributed by atoms with van der Waals surface area (Å²) in [4.78, 5) is 0. The Bertz CT molecular complexity index is 545. The fourth-order valence-corrected chi connectivity index (χ4v) is 4.89. The average molecular weight is 451 g/mol. The van der Waals surface area contributed by atoms with E-state index in [1.165, 1.54) is 15.9 Å². The van der Waals surface area contributed by atoms with Gasteiger partial charge < -0.3 is 6.15 Å². The van der Waals surface area contributed by atoms with Gasteiger partial charge in [0, 0.05) is 0 Å². The molecule has 3 aromatic carbocycles. The van der Waals surface area contributed by atoms with Crippen LogP contribution in [0.4, 0.5) is 0 Å². The Labute approximate surface area is 157 Å². The van der Waals surface area contributed by atoms with Gasteiger partial charge in [0.2, 0.25) is 0 Å². The van der Waals surface area contributed by atoms with Crippen LogP contribution < -0.4 is 15.9 Å². The summed E-state index contributed by atoms with van der Waals surface area (Å²) in [5.74, 6) is 0. The molecule has 0 saturated heterocycles. The molecule has 0 bridgehead atoms. The van der Waals surface area contributed by atoms with Crippen molar-refractivity contribution in [2.45, 2.75) is 0 Å². The van der Waals surface area contributed by atoms with Crippen LogP contribution in [-0.4, -0.2) is 0 Å². The van der Waals surface area contributed by atoms with Crippen molar-refractivity contribution in [3.8, 4) is 0 Å². The Morgan fingerprint density at radius 2 is 0.739 bits per heavy atom. The van der Waals surface area contributed by atoms with Crippen molar-refractivity contribution in [3.05, 3.63) is 97.1 Å². The number of benzene rings is 3. The number of halogens is 1. The second kappa shape index (κ2) is 12.8. The number of rotatable bonds is 3. The van der Waals surface area contributed by atoms with Crippen LogP contribution in [0.15, 0.2) is 91.0 Å². The van der Waals surface area contributed by atoms with Gasteiger partial charge in [-0.2, -0.15) is 9.90 Å². The molecule has 0 aliphatic rings. The molecule has 0 aliphatic carbocycles. The molecule has 3 aromatic rings. The summed E-state index contributed by atoms with van der Waals surface area (Å²) in [5, 5.41) is 4.31. The van der Waals surface area contributed by atoms with E-state index in [2.05, 4.69) is 101 Å². The van der Waals surface area contributed by atoms with Gasteiger partial charge in [0.1, 0.15) is 15.9 Å². The van der Waals surface area contributed by atoms with Gasteiger partial charge in [-0.25, -0.2) is 0 Å². The fourth-order valence-electron chi connectivity index (χ4n) is 2.31. The molecule has 23 heavy (non-hydrogen) atoms. The topological polar surface area (TPSA) is 33.5 Å². The van der Waals surface area contributed by atoms with Gasteiger partial charge in [-0.05, 0) is 36.4 Å². The first-order valence-electron chi connectivity index (χ1n) is 6.62. The minimum absolute atomic E-state index is 0. The molecule has 1 nitrogen and oxygen atoms in total. The van der Waals surface area contributed by atoms with E-state index >= 15 is 0 Å². The molecule has 2 N–H and O–H groups in total. The maximum absolute atomic E-state index is 4.61. The average Bonchev–Trinajstić information content (AvgIpc) is 2.60. The molecule has 0 fully saturated rings. The minimum atomic E-state index is -0.877. The van der Waals surface area contributed by atoms with Gasteiger partial charge in [0.15, 0.2) is 0 Å². The number of hydrogen-bond donors (Lipinski definition) is 0. The largest absolute Gasteiger partial charge is 0.693 e. The normalized spacial score (nSPS) is 9.04. The van der Waals surface area contributed by atoms with E-state index in [1.54, 1.807) is 17.3 Å². The first kappa shape index (κ1) is 22.4. The Morgan fingerprint density at radius 1 is 0.522 bits per heavy atom. The molecular weight excluding hydrogens is 429 g/mol. The molecule has 0 aromatic heterocycles. The zero-order valence-electron chi connectivity index (χ0n) is 12.7. The summed E-state index contributed by atoms with van der Waals surface area (Å²) in [7, 11) is 3.73. The molecule has 124 valence electrons. The van der Waals surface area contributed by atoms with Crippen LogP contribution in [0.25, 0.3) is 6.15 Å². The van der Waals surface area contributed by atoms with Gasteiger partial charge >= 0.3 is 27.0 Å². The van der Waals surface area contributed by atoms with Crippen molar-refractivity contribution in [2.75, 3.05) is 0 Å². The van der Waals surface area contributed by atoms with Crippen LogP contribution in [0.2, 0.25) is 0 Å². The molecule has 1 unspecified atom stereocenters. The number of nitrogens with two attached hydrogens (primary N) is 1. The van der Waals surface area contributed by atoms with Crippen LogP contribution in [0.1, 0.15) is 0 Å². The summed E-state index contributed by atoms with van der Waals surface area (Å²) in [5.41, 5.74) is 0. The van der Waals surface area contributed by atoms with Gasteiger partial charge in [-0.15, -0.1) is 0 Å². The second-order valence-electron chi connectivity index (χ2n) is 4.47. The van der Waals surface area contributed by atoms with E-state index in [9.17, 15) is 0 Å². The maximum Gasteiger partial charge on any atom is 0.102 e. The summed E-state index contributed by atoms with van der Waals surface area (Å²) >= 11 is 1.62. The van der Waals surface area contributed by atoms with Crippen LogP contribution in [0.3, 0.4) is 0 Å². The molecule has 3 rings (SSSR count). The Kier molecular flexibility index (Phi) is 12.4. The van der Waals surface area contributed by atoms with E-state index in [0.717, 1.165) is 0 Å². The predicted octanol–water partition coefficient (Wildman–Crippen LogP) is 4.37. The third-order valence-electron chi connectivity index (χ3n) is 3.19. The molecule has 0 heterocycles. The van der Waals surface area contributed by atoms with E-state index in [-0.39, 0.29) is 16.0 Å². The van der Waals surface area contributed by atoms with E-state index in [0.29, 0.717) is 0 Å². The van der Waals surface area contributed by atoms with Crippen molar-refractivity contribution in [1.82, 2.24) is 0 Å². The van der Waals surface area contributed by atoms with Crippen molar-refractivity contribution < 1.29 is 17.3 Å². The molecule has 0 amide bonds. The van der Waals surface area contributed by atoms with E-state index in [1.807, 2.05) is 0 Å². The predicted molar refractivity (Wildman–Crippen MR) is 110 cm³/mol. The molecular formula is C18H22ClNP2Ru. The van der Waals surface area contributed by atoms with E-state index < -0.39 is 7.92 Å². The van der Waals surface area contributed by atoms with Crippen molar-refractivity contribution in [3.63, 3.8) is 0 Å². The second-order valence-corrected chi connectivity index (χ2v) is 6.96. The van der Waals surface area contributed by atoms with E-state index in [4.69, 9.17) is 0 Å². The Morgan fingerprint density at radius 3 is 0.957 bits per heavy atom. The molecule has 0 radical (unpaired) electrons. The van der Waals surface area contributed by atoms with Crippen molar-refractivity contribution >= 4 is 43.4 Å². The van der Waals surface area contributed by atoms with Crippen LogP contribution in [-0.2, 0) is 17.3 Å². The van der Waals surface area contributed by atoms with Crippen molar-refractivity contribution in [2.24, 2.45) is 0 Å². The molecule has 1 atom stereocenters. The zero-order chi connectivity index (χ0) is 14.9. The number of hydrogen-bond acceptors (Lipinski definition) is 0. The first-order valence-corrected chi connectivity index (χ1v) is 10.5. The SMILES string of the molecule is P.[Cl][RuH].[NH2-].c1ccc([PH+](c2ccccc2)c2ccccc2)cc1. The summed E-state index contributed by atoms with van der Waals surface area (Å²) < 4.78 is 0. The molecule has 5 heteroatoms. The summed E-state index contributed by atoms with van der Waals surface area (Å²) in [6, 6.07) is 32.5. The summed E-state index contributed by atoms with van der Waals surface area (Å²) in [6.07, 6.45) is 0. The Hall–Kier alpha value is -0.607. The molecule has 0 spiro atoms. The molecule has 0 aliphatic heterocycles. The quantitative estimate of drug-likeness (QED) is 0.419. The van der Waals surface area contributed by atoms with Crippen LogP contribution in [0, 0.1) is 0 Å². The maximum atomic E-state index is 4.61. The third-order valence-corrected chi connectivity index (χ3v) is 5.92. The zero-order valence-corrected chi connectivity index (χ0v) is 17.7. The standard InChI is InChI=1S/C18H15P.ClH.H2N.H3P.Ru.H/c1-4-10-16(11-5-1)19(17-12-6-2-7-13-17)18-14-8-3-9-15-18;;;;;/h1-15H;1H;1H2;1H3;;/q;;-1;;+1;. The monoisotopic (exact) mass is 451 g/mol. The van der Waals surface area contributed by atoms with Gasteiger partial charge in [-0.3, -0.25) is 0 Å². The molecule has 0 saturated carbocycles. The van der Waals surface area contributed by atoms with Crippen LogP contribution >= 0.6 is 27.5 Å². The van der Waals surface area contributed by atoms with Crippen LogP contribution in [0.5, 0.6) is 0 Å². The minimum Gasteiger partial charge on any atom is -0.693 e. The van der Waals surface area contributed by atoms with Gasteiger partial charge in [0.25, 0.3) is 0 Å². The third kappa shape index (κ3) is 6.42. The fraction of sp³-hybridized carbons (Fsp3) is 0. The summed E-state index contributed by atoms with van der Waals surface area (Å²) in [6.45, 7) is 0. The Balaban J connectivity index is 0.00000117. The smallest absolute Gasteiger partial charge is 0.102 e.